The number of pyridine rings is 1. The maximum Gasteiger partial charge on any atom is 0.248 e. The van der Waals surface area contributed by atoms with Gasteiger partial charge in [-0.3, -0.25) is 4.79 Å². The Balaban J connectivity index is 2.55. The summed E-state index contributed by atoms with van der Waals surface area (Å²) >= 11 is 0. The Kier molecular flexibility index (Phi) is 1.55. The molecular weight excluding hydrogens is 154 g/mol. The molecule has 2 aromatic heterocycles. The minimum Gasteiger partial charge on any atom is -0.464 e. The van der Waals surface area contributed by atoms with Gasteiger partial charge in [0.05, 0.1) is 6.26 Å². The quantitative estimate of drug-likeness (QED) is 0.691. The highest BCUT2D eigenvalue weighted by Gasteiger charge is 1.98. The second-order valence-electron chi connectivity index (χ2n) is 2.42. The second-order valence-corrected chi connectivity index (χ2v) is 2.42. The van der Waals surface area contributed by atoms with Crippen molar-refractivity contribution in [3.8, 4) is 11.3 Å². The van der Waals surface area contributed by atoms with E-state index in [-0.39, 0.29) is 5.56 Å². The maximum absolute atomic E-state index is 10.9. The normalized spacial score (nSPS) is 10.0. The first kappa shape index (κ1) is 6.91. The van der Waals surface area contributed by atoms with E-state index in [0.717, 1.165) is 5.56 Å². The van der Waals surface area contributed by atoms with E-state index in [1.54, 1.807) is 24.6 Å². The lowest BCUT2D eigenvalue weighted by Gasteiger charge is -1.92. The Hall–Kier alpha value is -1.77. The van der Waals surface area contributed by atoms with Crippen LogP contribution in [0.15, 0.2) is 45.9 Å². The molecule has 3 nitrogen and oxygen atoms in total. The fourth-order valence-electron chi connectivity index (χ4n) is 1.04. The lowest BCUT2D eigenvalue weighted by molar-refractivity contribution is 0.582. The molecular formula is C9H7NO2. The van der Waals surface area contributed by atoms with E-state index in [1.807, 2.05) is 6.07 Å². The number of aromatic amines is 1. The molecule has 0 unspecified atom stereocenters. The second kappa shape index (κ2) is 2.70. The molecule has 0 bridgehead atoms. The smallest absolute Gasteiger partial charge is 0.248 e. The fraction of sp³-hybridized carbons (Fsp3) is 0. The van der Waals surface area contributed by atoms with E-state index in [4.69, 9.17) is 4.42 Å². The molecule has 0 aliphatic heterocycles. The van der Waals surface area contributed by atoms with Gasteiger partial charge in [-0.1, -0.05) is 0 Å². The summed E-state index contributed by atoms with van der Waals surface area (Å²) in [6, 6.07) is 6.89. The standard InChI is InChI=1S/C9H7NO2/c11-9-6-7(3-4-10-9)8-2-1-5-12-8/h1-6H,(H,10,11). The number of H-pyrrole nitrogens is 1. The molecule has 2 aromatic rings. The summed E-state index contributed by atoms with van der Waals surface area (Å²) in [4.78, 5) is 13.4. The summed E-state index contributed by atoms with van der Waals surface area (Å²) in [5.41, 5.74) is 0.674. The molecule has 0 amide bonds. The number of aromatic nitrogens is 1. The van der Waals surface area contributed by atoms with Crippen molar-refractivity contribution in [2.24, 2.45) is 0 Å². The van der Waals surface area contributed by atoms with Gasteiger partial charge in [-0.15, -0.1) is 0 Å². The van der Waals surface area contributed by atoms with Crippen LogP contribution in [0.25, 0.3) is 11.3 Å². The van der Waals surface area contributed by atoms with Crippen LogP contribution < -0.4 is 5.56 Å². The van der Waals surface area contributed by atoms with Crippen molar-refractivity contribution >= 4 is 0 Å². The van der Waals surface area contributed by atoms with Crippen LogP contribution in [0, 0.1) is 0 Å². The third-order valence-corrected chi connectivity index (χ3v) is 1.58. The lowest BCUT2D eigenvalue weighted by Crippen LogP contribution is -2.01. The van der Waals surface area contributed by atoms with Crippen LogP contribution in [0.1, 0.15) is 0 Å². The van der Waals surface area contributed by atoms with Gasteiger partial charge in [0.1, 0.15) is 5.76 Å². The molecule has 0 aliphatic rings. The molecule has 0 aromatic carbocycles. The molecule has 60 valence electrons. The number of hydrogen-bond donors (Lipinski definition) is 1. The van der Waals surface area contributed by atoms with Gasteiger partial charge in [-0.05, 0) is 18.2 Å². The first-order valence-corrected chi connectivity index (χ1v) is 3.59. The van der Waals surface area contributed by atoms with E-state index in [2.05, 4.69) is 4.98 Å². The number of hydrogen-bond acceptors (Lipinski definition) is 2. The first-order valence-electron chi connectivity index (χ1n) is 3.59. The molecule has 0 saturated heterocycles. The minimum absolute atomic E-state index is 0.121. The molecule has 0 fully saturated rings. The van der Waals surface area contributed by atoms with Crippen molar-refractivity contribution < 1.29 is 4.42 Å². The number of rotatable bonds is 1. The van der Waals surface area contributed by atoms with Crippen molar-refractivity contribution in [1.29, 1.82) is 0 Å². The van der Waals surface area contributed by atoms with Crippen LogP contribution in [-0.2, 0) is 0 Å². The molecule has 1 N–H and O–H groups in total. The predicted octanol–water partition coefficient (Wildman–Crippen LogP) is 1.63. The highest BCUT2D eigenvalue weighted by Crippen LogP contribution is 2.16. The summed E-state index contributed by atoms with van der Waals surface area (Å²) < 4.78 is 5.12. The lowest BCUT2D eigenvalue weighted by atomic mass is 10.2. The van der Waals surface area contributed by atoms with Gasteiger partial charge in [0, 0.05) is 17.8 Å². The molecule has 12 heavy (non-hydrogen) atoms. The summed E-state index contributed by atoms with van der Waals surface area (Å²) in [6.07, 6.45) is 3.18. The van der Waals surface area contributed by atoms with Crippen LogP contribution in [-0.4, -0.2) is 4.98 Å². The van der Waals surface area contributed by atoms with Crippen LogP contribution in [0.3, 0.4) is 0 Å². The average Bonchev–Trinajstić information content (AvgIpc) is 2.56. The van der Waals surface area contributed by atoms with E-state index >= 15 is 0 Å². The molecule has 0 aliphatic carbocycles. The van der Waals surface area contributed by atoms with Crippen LogP contribution in [0.2, 0.25) is 0 Å². The van der Waals surface area contributed by atoms with Crippen molar-refractivity contribution in [2.75, 3.05) is 0 Å². The Bertz CT molecular complexity index is 414. The molecule has 2 heterocycles. The van der Waals surface area contributed by atoms with Gasteiger partial charge in [-0.2, -0.15) is 0 Å². The molecule has 2 rings (SSSR count). The van der Waals surface area contributed by atoms with Gasteiger partial charge >= 0.3 is 0 Å². The summed E-state index contributed by atoms with van der Waals surface area (Å²) in [5.74, 6) is 0.709. The zero-order chi connectivity index (χ0) is 8.39. The third-order valence-electron chi connectivity index (χ3n) is 1.58. The summed E-state index contributed by atoms with van der Waals surface area (Å²) in [6.45, 7) is 0. The molecule has 0 spiro atoms. The fourth-order valence-corrected chi connectivity index (χ4v) is 1.04. The van der Waals surface area contributed by atoms with Crippen molar-refractivity contribution in [3.63, 3.8) is 0 Å². The third kappa shape index (κ3) is 1.16. The van der Waals surface area contributed by atoms with E-state index < -0.39 is 0 Å². The molecule has 3 heteroatoms. The van der Waals surface area contributed by atoms with Crippen molar-refractivity contribution in [3.05, 3.63) is 47.1 Å². The highest BCUT2D eigenvalue weighted by atomic mass is 16.3. The monoisotopic (exact) mass is 161 g/mol. The zero-order valence-electron chi connectivity index (χ0n) is 6.28. The summed E-state index contributed by atoms with van der Waals surface area (Å²) in [5, 5.41) is 0. The molecule has 0 radical (unpaired) electrons. The maximum atomic E-state index is 10.9. The summed E-state index contributed by atoms with van der Waals surface area (Å²) in [7, 11) is 0. The van der Waals surface area contributed by atoms with Gasteiger partial charge in [0.25, 0.3) is 0 Å². The molecule has 0 atom stereocenters. The largest absolute Gasteiger partial charge is 0.464 e. The minimum atomic E-state index is -0.121. The van der Waals surface area contributed by atoms with Gasteiger partial charge < -0.3 is 9.40 Å². The Morgan fingerprint density at radius 3 is 2.92 bits per heavy atom. The highest BCUT2D eigenvalue weighted by molar-refractivity contribution is 5.55. The molecule has 0 saturated carbocycles. The number of nitrogens with one attached hydrogen (secondary N) is 1. The predicted molar refractivity (Wildman–Crippen MR) is 44.8 cm³/mol. The van der Waals surface area contributed by atoms with Crippen LogP contribution in [0.4, 0.5) is 0 Å². The van der Waals surface area contributed by atoms with Crippen molar-refractivity contribution in [1.82, 2.24) is 4.98 Å². The van der Waals surface area contributed by atoms with E-state index in [0.29, 0.717) is 5.76 Å². The van der Waals surface area contributed by atoms with Gasteiger partial charge in [-0.25, -0.2) is 0 Å². The topological polar surface area (TPSA) is 46.0 Å². The SMILES string of the molecule is O=c1cc(-c2ccco2)cc[nH]1. The Morgan fingerprint density at radius 1 is 1.33 bits per heavy atom. The van der Waals surface area contributed by atoms with Gasteiger partial charge in [0.15, 0.2) is 0 Å². The van der Waals surface area contributed by atoms with Crippen LogP contribution in [0.5, 0.6) is 0 Å². The van der Waals surface area contributed by atoms with E-state index in [1.165, 1.54) is 6.07 Å². The zero-order valence-corrected chi connectivity index (χ0v) is 6.28. The first-order chi connectivity index (χ1) is 5.86. The van der Waals surface area contributed by atoms with E-state index in [9.17, 15) is 4.79 Å². The Labute approximate surface area is 68.7 Å². The Morgan fingerprint density at radius 2 is 2.25 bits per heavy atom. The van der Waals surface area contributed by atoms with Crippen LogP contribution >= 0.6 is 0 Å². The average molecular weight is 161 g/mol. The number of furan rings is 1. The van der Waals surface area contributed by atoms with Crippen molar-refractivity contribution in [2.45, 2.75) is 0 Å². The van der Waals surface area contributed by atoms with Gasteiger partial charge in [0.2, 0.25) is 5.56 Å².